The van der Waals surface area contributed by atoms with Gasteiger partial charge >= 0.3 is 0 Å². The monoisotopic (exact) mass is 170 g/mol. The first-order chi connectivity index (χ1) is 5.66. The molecule has 0 radical (unpaired) electrons. The van der Waals surface area contributed by atoms with Gasteiger partial charge in [0.15, 0.2) is 0 Å². The van der Waals surface area contributed by atoms with E-state index in [-0.39, 0.29) is 0 Å². The van der Waals surface area contributed by atoms with Crippen LogP contribution in [0.15, 0.2) is 4.99 Å². The zero-order valence-electron chi connectivity index (χ0n) is 8.88. The fraction of sp³-hybridized carbons (Fsp3) is 0.900. The summed E-state index contributed by atoms with van der Waals surface area (Å²) >= 11 is 0. The van der Waals surface area contributed by atoms with E-state index in [0.717, 1.165) is 19.4 Å². The highest BCUT2D eigenvalue weighted by Crippen LogP contribution is 1.97. The molecule has 0 aromatic carbocycles. The summed E-state index contributed by atoms with van der Waals surface area (Å²) in [5.41, 5.74) is 0. The van der Waals surface area contributed by atoms with Crippen molar-refractivity contribution >= 4 is 6.21 Å². The Kier molecular flexibility index (Phi) is 7.06. The predicted octanol–water partition coefficient (Wildman–Crippen LogP) is 2.20. The first-order valence-corrected chi connectivity index (χ1v) is 4.83. The van der Waals surface area contributed by atoms with Gasteiger partial charge in [0.1, 0.15) is 0 Å². The van der Waals surface area contributed by atoms with Gasteiger partial charge in [-0.3, -0.25) is 4.99 Å². The largest absolute Gasteiger partial charge is 0.309 e. The Bertz CT molecular complexity index is 119. The number of hydrogen-bond acceptors (Lipinski definition) is 2. The Hall–Kier alpha value is -0.370. The van der Waals surface area contributed by atoms with Crippen molar-refractivity contribution in [3.8, 4) is 0 Å². The molecule has 0 aliphatic carbocycles. The molecule has 0 aliphatic heterocycles. The Labute approximate surface area is 76.7 Å². The average Bonchev–Trinajstić information content (AvgIpc) is 2.01. The number of unbranched alkanes of at least 4 members (excludes halogenated alkanes) is 1. The molecule has 0 rings (SSSR count). The molecule has 1 unspecified atom stereocenters. The minimum absolute atomic E-state index is 0.485. The van der Waals surface area contributed by atoms with Gasteiger partial charge in [-0.2, -0.15) is 0 Å². The fourth-order valence-electron chi connectivity index (χ4n) is 0.903. The van der Waals surface area contributed by atoms with Gasteiger partial charge in [0, 0.05) is 6.04 Å². The lowest BCUT2D eigenvalue weighted by Crippen LogP contribution is -2.16. The Morgan fingerprint density at radius 3 is 2.58 bits per heavy atom. The molecule has 0 bridgehead atoms. The van der Waals surface area contributed by atoms with Gasteiger partial charge in [-0.1, -0.05) is 13.3 Å². The van der Waals surface area contributed by atoms with Gasteiger partial charge in [-0.25, -0.2) is 0 Å². The predicted molar refractivity (Wildman–Crippen MR) is 56.0 cm³/mol. The van der Waals surface area contributed by atoms with E-state index < -0.39 is 0 Å². The van der Waals surface area contributed by atoms with E-state index in [9.17, 15) is 0 Å². The molecule has 0 spiro atoms. The van der Waals surface area contributed by atoms with Gasteiger partial charge in [0.05, 0.1) is 0 Å². The van der Waals surface area contributed by atoms with E-state index in [1.54, 1.807) is 0 Å². The van der Waals surface area contributed by atoms with E-state index in [1.807, 2.05) is 0 Å². The summed E-state index contributed by atoms with van der Waals surface area (Å²) in [6, 6.07) is 0.485. The zero-order valence-corrected chi connectivity index (χ0v) is 8.88. The highest BCUT2D eigenvalue weighted by molar-refractivity contribution is 5.57. The quantitative estimate of drug-likeness (QED) is 0.558. The molecule has 0 heterocycles. The lowest BCUT2D eigenvalue weighted by molar-refractivity contribution is 0.386. The maximum Gasteiger partial charge on any atom is 0.0479 e. The molecule has 72 valence electrons. The zero-order chi connectivity index (χ0) is 9.40. The van der Waals surface area contributed by atoms with Gasteiger partial charge in [0.25, 0.3) is 0 Å². The summed E-state index contributed by atoms with van der Waals surface area (Å²) in [6.45, 7) is 5.48. The number of hydrogen-bond donors (Lipinski definition) is 0. The standard InChI is InChI=1S/C10H22N2/c1-5-6-8-11-10(2)7-9-12(3)4/h8,10H,5-7,9H2,1-4H3. The van der Waals surface area contributed by atoms with Gasteiger partial charge < -0.3 is 4.90 Å². The lowest BCUT2D eigenvalue weighted by atomic mass is 10.2. The molecule has 0 aromatic rings. The van der Waals surface area contributed by atoms with Crippen molar-refractivity contribution in [1.82, 2.24) is 4.90 Å². The summed E-state index contributed by atoms with van der Waals surface area (Å²) in [4.78, 5) is 6.63. The van der Waals surface area contributed by atoms with E-state index in [0.29, 0.717) is 6.04 Å². The highest BCUT2D eigenvalue weighted by atomic mass is 15.0. The van der Waals surface area contributed by atoms with Crippen molar-refractivity contribution in [3.63, 3.8) is 0 Å². The smallest absolute Gasteiger partial charge is 0.0479 e. The van der Waals surface area contributed by atoms with E-state index in [4.69, 9.17) is 0 Å². The molecule has 1 atom stereocenters. The first kappa shape index (κ1) is 11.6. The first-order valence-electron chi connectivity index (χ1n) is 4.83. The van der Waals surface area contributed by atoms with Gasteiger partial charge in [-0.05, 0) is 46.6 Å². The van der Waals surface area contributed by atoms with Crippen LogP contribution in [-0.2, 0) is 0 Å². The van der Waals surface area contributed by atoms with Crippen LogP contribution in [0.1, 0.15) is 33.1 Å². The van der Waals surface area contributed by atoms with Crippen LogP contribution in [0.25, 0.3) is 0 Å². The maximum absolute atomic E-state index is 4.43. The summed E-state index contributed by atoms with van der Waals surface area (Å²) in [5, 5.41) is 0. The van der Waals surface area contributed by atoms with Crippen LogP contribution in [0.5, 0.6) is 0 Å². The van der Waals surface area contributed by atoms with Crippen LogP contribution in [0, 0.1) is 0 Å². The fourth-order valence-corrected chi connectivity index (χ4v) is 0.903. The van der Waals surface area contributed by atoms with Crippen molar-refractivity contribution in [3.05, 3.63) is 0 Å². The summed E-state index contributed by atoms with van der Waals surface area (Å²) in [6.07, 6.45) is 5.53. The highest BCUT2D eigenvalue weighted by Gasteiger charge is 1.97. The molecule has 12 heavy (non-hydrogen) atoms. The minimum atomic E-state index is 0.485. The molecular formula is C10H22N2. The number of aliphatic imine (C=N–C) groups is 1. The second-order valence-electron chi connectivity index (χ2n) is 3.56. The second-order valence-corrected chi connectivity index (χ2v) is 3.56. The van der Waals surface area contributed by atoms with Crippen molar-refractivity contribution in [2.24, 2.45) is 4.99 Å². The van der Waals surface area contributed by atoms with Crippen molar-refractivity contribution < 1.29 is 0 Å². The summed E-state index contributed by atoms with van der Waals surface area (Å²) in [5.74, 6) is 0. The Balaban J connectivity index is 3.38. The maximum atomic E-state index is 4.43. The SMILES string of the molecule is CCCC=NC(C)CCN(C)C. The lowest BCUT2D eigenvalue weighted by Gasteiger charge is -2.11. The molecule has 0 aliphatic rings. The van der Waals surface area contributed by atoms with Crippen LogP contribution in [-0.4, -0.2) is 37.8 Å². The van der Waals surface area contributed by atoms with Crippen LogP contribution in [0.2, 0.25) is 0 Å². The van der Waals surface area contributed by atoms with E-state index >= 15 is 0 Å². The third kappa shape index (κ3) is 7.73. The van der Waals surface area contributed by atoms with Gasteiger partial charge in [-0.15, -0.1) is 0 Å². The van der Waals surface area contributed by atoms with Crippen molar-refractivity contribution in [1.29, 1.82) is 0 Å². The van der Waals surface area contributed by atoms with Crippen molar-refractivity contribution in [2.75, 3.05) is 20.6 Å². The molecule has 2 nitrogen and oxygen atoms in total. The second kappa shape index (κ2) is 7.29. The molecule has 0 amide bonds. The van der Waals surface area contributed by atoms with Crippen LogP contribution in [0.3, 0.4) is 0 Å². The molecule has 2 heteroatoms. The molecule has 0 aromatic heterocycles. The van der Waals surface area contributed by atoms with Crippen LogP contribution >= 0.6 is 0 Å². The normalized spacial score (nSPS) is 14.4. The number of rotatable bonds is 6. The molecule has 0 N–H and O–H groups in total. The van der Waals surface area contributed by atoms with Crippen molar-refractivity contribution in [2.45, 2.75) is 39.2 Å². The summed E-state index contributed by atoms with van der Waals surface area (Å²) < 4.78 is 0. The third-order valence-corrected chi connectivity index (χ3v) is 1.77. The molecule has 0 saturated heterocycles. The number of nitrogens with zero attached hydrogens (tertiary/aromatic N) is 2. The molecule has 0 fully saturated rings. The van der Waals surface area contributed by atoms with E-state index in [1.165, 1.54) is 6.42 Å². The van der Waals surface area contributed by atoms with E-state index in [2.05, 4.69) is 44.0 Å². The van der Waals surface area contributed by atoms with Crippen LogP contribution in [0.4, 0.5) is 0 Å². The molecular weight excluding hydrogens is 148 g/mol. The van der Waals surface area contributed by atoms with Gasteiger partial charge in [0.2, 0.25) is 0 Å². The Morgan fingerprint density at radius 1 is 1.42 bits per heavy atom. The Morgan fingerprint density at radius 2 is 2.08 bits per heavy atom. The summed E-state index contributed by atoms with van der Waals surface area (Å²) in [7, 11) is 4.20. The topological polar surface area (TPSA) is 15.6 Å². The average molecular weight is 170 g/mol. The van der Waals surface area contributed by atoms with Crippen LogP contribution < -0.4 is 0 Å². The third-order valence-electron chi connectivity index (χ3n) is 1.77. The molecule has 0 saturated carbocycles. The minimum Gasteiger partial charge on any atom is -0.309 e.